The third kappa shape index (κ3) is 3.37. The number of benzene rings is 2. The lowest BCUT2D eigenvalue weighted by Gasteiger charge is -1.97. The van der Waals surface area contributed by atoms with Crippen LogP contribution in [0.3, 0.4) is 0 Å². The summed E-state index contributed by atoms with van der Waals surface area (Å²) in [6.45, 7) is 0. The number of amidine groups is 1. The zero-order chi connectivity index (χ0) is 19.0. The molecule has 0 saturated carbocycles. The number of nitrogens with zero attached hydrogens (tertiary/aromatic N) is 2. The summed E-state index contributed by atoms with van der Waals surface area (Å²) in [6, 6.07) is 14.2. The highest BCUT2D eigenvalue weighted by Gasteiger charge is 2.24. The first-order chi connectivity index (χ1) is 13.0. The van der Waals surface area contributed by atoms with Crippen LogP contribution in [0.2, 0.25) is 0 Å². The molecule has 1 amide bonds. The van der Waals surface area contributed by atoms with Gasteiger partial charge in [-0.2, -0.15) is 0 Å². The number of carboxylic acids is 1. The second-order valence-corrected chi connectivity index (χ2v) is 7.08. The standard InChI is InChI=1S/C20H15N3O3S/c1-23-11-13(15-4-2-3-5-16(15)23)10-17-18(24)22-20(27-17)21-14-8-6-12(7-9-14)19(25)26/h2-11H,1H3,(H,25,26)(H,21,22,24)/b17-10-. The molecule has 0 unspecified atom stereocenters. The van der Waals surface area contributed by atoms with Gasteiger partial charge in [0.1, 0.15) is 0 Å². The summed E-state index contributed by atoms with van der Waals surface area (Å²) < 4.78 is 2.03. The van der Waals surface area contributed by atoms with E-state index in [4.69, 9.17) is 5.11 Å². The number of carboxylic acid groups (broad SMARTS) is 1. The van der Waals surface area contributed by atoms with Crippen molar-refractivity contribution in [3.05, 3.63) is 70.8 Å². The van der Waals surface area contributed by atoms with Gasteiger partial charge in [-0.1, -0.05) is 18.2 Å². The van der Waals surface area contributed by atoms with E-state index in [1.54, 1.807) is 12.1 Å². The Bertz CT molecular complexity index is 1130. The summed E-state index contributed by atoms with van der Waals surface area (Å²) in [7, 11) is 1.97. The van der Waals surface area contributed by atoms with Gasteiger partial charge in [-0.25, -0.2) is 9.79 Å². The lowest BCUT2D eigenvalue weighted by atomic mass is 10.1. The van der Waals surface area contributed by atoms with Crippen molar-refractivity contribution in [1.82, 2.24) is 9.88 Å². The summed E-state index contributed by atoms with van der Waals surface area (Å²) in [5.41, 5.74) is 2.84. The Morgan fingerprint density at radius 1 is 1.19 bits per heavy atom. The Morgan fingerprint density at radius 2 is 1.93 bits per heavy atom. The van der Waals surface area contributed by atoms with Gasteiger partial charge in [0.05, 0.1) is 16.2 Å². The van der Waals surface area contributed by atoms with E-state index in [0.29, 0.717) is 15.8 Å². The van der Waals surface area contributed by atoms with Crippen LogP contribution in [0.1, 0.15) is 15.9 Å². The lowest BCUT2D eigenvalue weighted by molar-refractivity contribution is -0.115. The first kappa shape index (κ1) is 17.1. The summed E-state index contributed by atoms with van der Waals surface area (Å²) in [5.74, 6) is -1.19. The van der Waals surface area contributed by atoms with E-state index in [9.17, 15) is 9.59 Å². The molecule has 2 aromatic carbocycles. The SMILES string of the molecule is Cn1cc(/C=C2\SC(=Nc3ccc(C(=O)O)cc3)NC2=O)c2ccccc21. The van der Waals surface area contributed by atoms with Crippen LogP contribution in [0.25, 0.3) is 17.0 Å². The van der Waals surface area contributed by atoms with Crippen LogP contribution in [0.15, 0.2) is 64.6 Å². The van der Waals surface area contributed by atoms with Gasteiger partial charge in [-0.3, -0.25) is 4.79 Å². The van der Waals surface area contributed by atoms with E-state index in [0.717, 1.165) is 16.5 Å². The maximum absolute atomic E-state index is 12.3. The van der Waals surface area contributed by atoms with Crippen molar-refractivity contribution in [2.45, 2.75) is 0 Å². The van der Waals surface area contributed by atoms with Crippen LogP contribution in [-0.4, -0.2) is 26.7 Å². The maximum Gasteiger partial charge on any atom is 0.335 e. The number of para-hydroxylation sites is 1. The first-order valence-electron chi connectivity index (χ1n) is 8.18. The van der Waals surface area contributed by atoms with E-state index in [1.807, 2.05) is 48.2 Å². The van der Waals surface area contributed by atoms with Crippen molar-refractivity contribution < 1.29 is 14.7 Å². The van der Waals surface area contributed by atoms with Crippen LogP contribution in [-0.2, 0) is 11.8 Å². The molecular formula is C20H15N3O3S. The fourth-order valence-electron chi connectivity index (χ4n) is 2.91. The summed E-state index contributed by atoms with van der Waals surface area (Å²) in [5, 5.41) is 13.2. The molecule has 1 aliphatic rings. The number of aromatic carboxylic acids is 1. The largest absolute Gasteiger partial charge is 0.478 e. The highest BCUT2D eigenvalue weighted by Crippen LogP contribution is 2.30. The lowest BCUT2D eigenvalue weighted by Crippen LogP contribution is -2.19. The van der Waals surface area contributed by atoms with Crippen molar-refractivity contribution >= 4 is 51.5 Å². The fourth-order valence-corrected chi connectivity index (χ4v) is 3.74. The number of hydrogen-bond donors (Lipinski definition) is 2. The molecular weight excluding hydrogens is 362 g/mol. The van der Waals surface area contributed by atoms with E-state index in [-0.39, 0.29) is 11.5 Å². The van der Waals surface area contributed by atoms with Gasteiger partial charge in [0, 0.05) is 29.7 Å². The molecule has 7 heteroatoms. The van der Waals surface area contributed by atoms with E-state index >= 15 is 0 Å². The van der Waals surface area contributed by atoms with Gasteiger partial charge < -0.3 is 15.0 Å². The zero-order valence-electron chi connectivity index (χ0n) is 14.3. The van der Waals surface area contributed by atoms with E-state index in [1.165, 1.54) is 23.9 Å². The molecule has 3 aromatic rings. The quantitative estimate of drug-likeness (QED) is 0.681. The van der Waals surface area contributed by atoms with Crippen molar-refractivity contribution in [3.8, 4) is 0 Å². The molecule has 0 spiro atoms. The molecule has 0 aliphatic carbocycles. The molecule has 6 nitrogen and oxygen atoms in total. The Morgan fingerprint density at radius 3 is 2.67 bits per heavy atom. The molecule has 0 atom stereocenters. The molecule has 1 aromatic heterocycles. The van der Waals surface area contributed by atoms with Crippen molar-refractivity contribution in [2.75, 3.05) is 0 Å². The van der Waals surface area contributed by atoms with Gasteiger partial charge in [0.15, 0.2) is 5.17 Å². The maximum atomic E-state index is 12.3. The molecule has 1 fully saturated rings. The topological polar surface area (TPSA) is 83.7 Å². The van der Waals surface area contributed by atoms with Crippen LogP contribution in [0.5, 0.6) is 0 Å². The summed E-state index contributed by atoms with van der Waals surface area (Å²) >= 11 is 1.26. The number of nitrogens with one attached hydrogen (secondary N) is 1. The molecule has 0 radical (unpaired) electrons. The number of fused-ring (bicyclic) bond motifs is 1. The minimum atomic E-state index is -0.988. The second-order valence-electron chi connectivity index (χ2n) is 6.05. The third-order valence-corrected chi connectivity index (χ3v) is 5.12. The minimum absolute atomic E-state index is 0.193. The number of carbonyl (C=O) groups excluding carboxylic acids is 1. The molecule has 2 N–H and O–H groups in total. The monoisotopic (exact) mass is 377 g/mol. The zero-order valence-corrected chi connectivity index (χ0v) is 15.2. The third-order valence-electron chi connectivity index (χ3n) is 4.21. The molecule has 4 rings (SSSR count). The Kier molecular flexibility index (Phi) is 4.29. The second kappa shape index (κ2) is 6.77. The first-order valence-corrected chi connectivity index (χ1v) is 9.00. The predicted molar refractivity (Wildman–Crippen MR) is 107 cm³/mol. The number of aliphatic imine (C=N–C) groups is 1. The normalized spacial score (nSPS) is 17.0. The number of rotatable bonds is 3. The Labute approximate surface area is 159 Å². The Balaban J connectivity index is 1.62. The highest BCUT2D eigenvalue weighted by molar-refractivity contribution is 8.18. The van der Waals surface area contributed by atoms with E-state index < -0.39 is 5.97 Å². The number of aryl methyl sites for hydroxylation is 1. The van der Waals surface area contributed by atoms with Crippen LogP contribution < -0.4 is 5.32 Å². The van der Waals surface area contributed by atoms with Crippen molar-refractivity contribution in [2.24, 2.45) is 12.0 Å². The number of carbonyl (C=O) groups is 2. The highest BCUT2D eigenvalue weighted by atomic mass is 32.2. The molecule has 0 bridgehead atoms. The summed E-state index contributed by atoms with van der Waals surface area (Å²) in [4.78, 5) is 28.1. The summed E-state index contributed by atoms with van der Waals surface area (Å²) in [6.07, 6.45) is 3.85. The van der Waals surface area contributed by atoms with Gasteiger partial charge in [-0.05, 0) is 48.2 Å². The van der Waals surface area contributed by atoms with Crippen LogP contribution >= 0.6 is 11.8 Å². The van der Waals surface area contributed by atoms with Crippen LogP contribution in [0, 0.1) is 0 Å². The smallest absolute Gasteiger partial charge is 0.335 e. The van der Waals surface area contributed by atoms with Crippen LogP contribution in [0.4, 0.5) is 5.69 Å². The number of amides is 1. The average molecular weight is 377 g/mol. The van der Waals surface area contributed by atoms with Crippen molar-refractivity contribution in [1.29, 1.82) is 0 Å². The average Bonchev–Trinajstić information content (AvgIpc) is 3.16. The molecule has 1 saturated heterocycles. The molecule has 2 heterocycles. The molecule has 134 valence electrons. The van der Waals surface area contributed by atoms with E-state index in [2.05, 4.69) is 10.3 Å². The number of hydrogen-bond acceptors (Lipinski definition) is 4. The Hall–Kier alpha value is -3.32. The number of thioether (sulfide) groups is 1. The van der Waals surface area contributed by atoms with Gasteiger partial charge in [0.2, 0.25) is 0 Å². The molecule has 27 heavy (non-hydrogen) atoms. The predicted octanol–water partition coefficient (Wildman–Crippen LogP) is 3.77. The van der Waals surface area contributed by atoms with Crippen molar-refractivity contribution in [3.63, 3.8) is 0 Å². The van der Waals surface area contributed by atoms with Gasteiger partial charge >= 0.3 is 5.97 Å². The number of aromatic nitrogens is 1. The fraction of sp³-hybridized carbons (Fsp3) is 0.0500. The van der Waals surface area contributed by atoms with Gasteiger partial charge in [-0.15, -0.1) is 0 Å². The minimum Gasteiger partial charge on any atom is -0.478 e. The molecule has 1 aliphatic heterocycles. The van der Waals surface area contributed by atoms with Gasteiger partial charge in [0.25, 0.3) is 5.91 Å².